The molecule has 17 heavy (non-hydrogen) atoms. The first-order valence-electron chi connectivity index (χ1n) is 5.50. The van der Waals surface area contributed by atoms with E-state index >= 15 is 0 Å². The van der Waals surface area contributed by atoms with Crippen molar-refractivity contribution >= 4 is 23.7 Å². The van der Waals surface area contributed by atoms with Crippen LogP contribution < -0.4 is 9.75 Å². The number of aliphatic hydroxyl groups is 1. The molecule has 1 aliphatic rings. The molecule has 0 aliphatic heterocycles. The first-order valence-corrected chi connectivity index (χ1v) is 6.27. The standard InChI is InChI=1S/C13H17NO2S/c1-12(2)5-9-8-14-17-10(9)6-13(3,15)11(7-12)16-4/h5-8,15H,1-4H3/b9-5-,10-6+,11-7+. The van der Waals surface area contributed by atoms with E-state index in [-0.39, 0.29) is 5.41 Å². The second-order valence-corrected chi connectivity index (χ2v) is 5.95. The Bertz CT molecular complexity index is 566. The summed E-state index contributed by atoms with van der Waals surface area (Å²) in [6.45, 7) is 5.89. The van der Waals surface area contributed by atoms with Crippen LogP contribution in [0, 0.1) is 5.41 Å². The Kier molecular flexibility index (Phi) is 2.87. The molecule has 1 unspecified atom stereocenters. The third-order valence-corrected chi connectivity index (χ3v) is 3.55. The number of fused-ring (bicyclic) bond motifs is 1. The number of hydrogen-bond donors (Lipinski definition) is 1. The van der Waals surface area contributed by atoms with Crippen molar-refractivity contribution in [3.63, 3.8) is 0 Å². The van der Waals surface area contributed by atoms with Crippen LogP contribution in [0.2, 0.25) is 0 Å². The van der Waals surface area contributed by atoms with Gasteiger partial charge in [0.15, 0.2) is 0 Å². The molecule has 1 heterocycles. The van der Waals surface area contributed by atoms with Gasteiger partial charge in [-0.3, -0.25) is 0 Å². The van der Waals surface area contributed by atoms with Gasteiger partial charge >= 0.3 is 0 Å². The Morgan fingerprint density at radius 2 is 1.94 bits per heavy atom. The molecule has 0 aromatic carbocycles. The van der Waals surface area contributed by atoms with Crippen LogP contribution in [0.3, 0.4) is 0 Å². The number of hydrogen-bond acceptors (Lipinski definition) is 4. The summed E-state index contributed by atoms with van der Waals surface area (Å²) in [7, 11) is 1.58. The van der Waals surface area contributed by atoms with Gasteiger partial charge in [-0.05, 0) is 30.6 Å². The second kappa shape index (κ2) is 3.96. The third kappa shape index (κ3) is 2.42. The monoisotopic (exact) mass is 251 g/mol. The minimum absolute atomic E-state index is 0.179. The second-order valence-electron chi connectivity index (χ2n) is 5.12. The van der Waals surface area contributed by atoms with Gasteiger partial charge in [0.25, 0.3) is 0 Å². The molecule has 1 aliphatic carbocycles. The van der Waals surface area contributed by atoms with E-state index in [4.69, 9.17) is 4.74 Å². The topological polar surface area (TPSA) is 42.4 Å². The maximum absolute atomic E-state index is 10.5. The molecule has 0 spiro atoms. The third-order valence-electron chi connectivity index (χ3n) is 2.79. The minimum atomic E-state index is -1.10. The average Bonchev–Trinajstić information content (AvgIpc) is 2.59. The van der Waals surface area contributed by atoms with Crippen molar-refractivity contribution in [2.45, 2.75) is 26.4 Å². The van der Waals surface area contributed by atoms with Crippen LogP contribution in [0.4, 0.5) is 0 Å². The number of nitrogens with zero attached hydrogens (tertiary/aromatic N) is 1. The number of rotatable bonds is 1. The Morgan fingerprint density at radius 3 is 2.59 bits per heavy atom. The molecule has 0 saturated heterocycles. The molecule has 1 aromatic rings. The molecule has 0 fully saturated rings. The summed E-state index contributed by atoms with van der Waals surface area (Å²) in [5.41, 5.74) is -1.28. The Morgan fingerprint density at radius 1 is 1.24 bits per heavy atom. The molecule has 3 nitrogen and oxygen atoms in total. The van der Waals surface area contributed by atoms with Gasteiger partial charge < -0.3 is 9.84 Å². The van der Waals surface area contributed by atoms with Crippen LogP contribution >= 0.6 is 11.5 Å². The minimum Gasteiger partial charge on any atom is -0.498 e. The molecule has 1 atom stereocenters. The first kappa shape index (κ1) is 12.3. The number of ether oxygens (including phenoxy) is 1. The first-order chi connectivity index (χ1) is 7.84. The Balaban J connectivity index is 2.78. The van der Waals surface area contributed by atoms with Crippen LogP contribution in [0.15, 0.2) is 18.0 Å². The van der Waals surface area contributed by atoms with Gasteiger partial charge in [0.05, 0.1) is 11.6 Å². The Labute approximate surface area is 105 Å². The van der Waals surface area contributed by atoms with Gasteiger partial charge in [-0.25, -0.2) is 0 Å². The summed E-state index contributed by atoms with van der Waals surface area (Å²) in [5.74, 6) is 0.567. The predicted molar refractivity (Wildman–Crippen MR) is 69.8 cm³/mol. The lowest BCUT2D eigenvalue weighted by atomic mass is 9.87. The van der Waals surface area contributed by atoms with E-state index in [1.807, 2.05) is 12.3 Å². The predicted octanol–water partition coefficient (Wildman–Crippen LogP) is 1.03. The van der Waals surface area contributed by atoms with E-state index < -0.39 is 5.60 Å². The van der Waals surface area contributed by atoms with Crippen molar-refractivity contribution in [1.82, 2.24) is 4.37 Å². The van der Waals surface area contributed by atoms with Gasteiger partial charge in [-0.1, -0.05) is 19.9 Å². The molecule has 2 rings (SSSR count). The zero-order valence-electron chi connectivity index (χ0n) is 10.5. The van der Waals surface area contributed by atoms with Crippen molar-refractivity contribution in [2.75, 3.05) is 7.11 Å². The zero-order chi connectivity index (χ0) is 12.7. The molecule has 0 bridgehead atoms. The van der Waals surface area contributed by atoms with Crippen LogP contribution in [-0.4, -0.2) is 22.2 Å². The van der Waals surface area contributed by atoms with Gasteiger partial charge in [0, 0.05) is 16.8 Å². The van der Waals surface area contributed by atoms with Crippen molar-refractivity contribution in [2.24, 2.45) is 5.41 Å². The largest absolute Gasteiger partial charge is 0.498 e. The molecular weight excluding hydrogens is 234 g/mol. The zero-order valence-corrected chi connectivity index (χ0v) is 11.3. The highest BCUT2D eigenvalue weighted by Crippen LogP contribution is 2.28. The number of allylic oxidation sites excluding steroid dienone is 1. The maximum atomic E-state index is 10.5. The molecule has 0 amide bonds. The highest BCUT2D eigenvalue weighted by Gasteiger charge is 2.28. The molecule has 0 radical (unpaired) electrons. The van der Waals surface area contributed by atoms with Crippen LogP contribution in [0.5, 0.6) is 0 Å². The van der Waals surface area contributed by atoms with E-state index in [1.54, 1.807) is 20.1 Å². The summed E-state index contributed by atoms with van der Waals surface area (Å²) in [6, 6.07) is 0. The van der Waals surface area contributed by atoms with Crippen molar-refractivity contribution in [3.8, 4) is 0 Å². The van der Waals surface area contributed by atoms with Gasteiger partial charge in [0.1, 0.15) is 11.4 Å². The fourth-order valence-corrected chi connectivity index (χ4v) is 2.77. The van der Waals surface area contributed by atoms with Gasteiger partial charge in [-0.15, -0.1) is 0 Å². The molecule has 92 valence electrons. The molecule has 1 aromatic heterocycles. The fraction of sp³-hybridized carbons (Fsp3) is 0.462. The van der Waals surface area contributed by atoms with Crippen molar-refractivity contribution in [1.29, 1.82) is 0 Å². The van der Waals surface area contributed by atoms with Gasteiger partial charge in [-0.2, -0.15) is 4.37 Å². The number of methoxy groups -OCH3 is 1. The quantitative estimate of drug-likeness (QED) is 0.810. The van der Waals surface area contributed by atoms with E-state index in [9.17, 15) is 5.11 Å². The molecule has 0 saturated carbocycles. The van der Waals surface area contributed by atoms with Crippen molar-refractivity contribution in [3.05, 3.63) is 27.8 Å². The summed E-state index contributed by atoms with van der Waals surface area (Å²) < 4.78 is 10.5. The van der Waals surface area contributed by atoms with E-state index in [2.05, 4.69) is 24.3 Å². The summed E-state index contributed by atoms with van der Waals surface area (Å²) in [6.07, 6.45) is 7.71. The lowest BCUT2D eigenvalue weighted by Gasteiger charge is -2.26. The normalized spacial score (nSPS) is 33.8. The lowest BCUT2D eigenvalue weighted by molar-refractivity contribution is 0.0901. The maximum Gasteiger partial charge on any atom is 0.138 e. The van der Waals surface area contributed by atoms with Crippen molar-refractivity contribution < 1.29 is 9.84 Å². The molecule has 4 heteroatoms. The van der Waals surface area contributed by atoms with Crippen LogP contribution in [0.1, 0.15) is 20.8 Å². The van der Waals surface area contributed by atoms with Crippen LogP contribution in [-0.2, 0) is 4.74 Å². The average molecular weight is 251 g/mol. The molecular formula is C13H17NO2S. The van der Waals surface area contributed by atoms with Crippen LogP contribution in [0.25, 0.3) is 12.2 Å². The highest BCUT2D eigenvalue weighted by molar-refractivity contribution is 7.03. The SMILES string of the molecule is CO/C1=C/C(C)(C)/C=c2/cns/c2=C/C1(C)O. The van der Waals surface area contributed by atoms with E-state index in [0.717, 1.165) is 9.75 Å². The smallest absolute Gasteiger partial charge is 0.138 e. The van der Waals surface area contributed by atoms with E-state index in [1.165, 1.54) is 11.5 Å². The van der Waals surface area contributed by atoms with E-state index in [0.29, 0.717) is 5.76 Å². The number of aromatic nitrogens is 1. The molecule has 1 N–H and O–H groups in total. The van der Waals surface area contributed by atoms with Gasteiger partial charge in [0.2, 0.25) is 0 Å². The summed E-state index contributed by atoms with van der Waals surface area (Å²) in [4.78, 5) is 0. The lowest BCUT2D eigenvalue weighted by Crippen LogP contribution is -2.34. The summed E-state index contributed by atoms with van der Waals surface area (Å²) in [5, 5.41) is 11.5. The highest BCUT2D eigenvalue weighted by atomic mass is 32.1. The summed E-state index contributed by atoms with van der Waals surface area (Å²) >= 11 is 1.38. The Hall–Kier alpha value is -1.13. The fourth-order valence-electron chi connectivity index (χ4n) is 1.99.